The third kappa shape index (κ3) is 7.01. The number of benzene rings is 12. The van der Waals surface area contributed by atoms with Crippen molar-refractivity contribution in [3.63, 3.8) is 0 Å². The van der Waals surface area contributed by atoms with Crippen molar-refractivity contribution < 1.29 is 0 Å². The van der Waals surface area contributed by atoms with E-state index in [-0.39, 0.29) is 5.41 Å². The van der Waals surface area contributed by atoms with Crippen LogP contribution < -0.4 is 4.90 Å². The van der Waals surface area contributed by atoms with Gasteiger partial charge in [0, 0.05) is 22.4 Å². The fourth-order valence-corrected chi connectivity index (χ4v) is 11.2. The third-order valence-electron chi connectivity index (χ3n) is 14.9. The molecule has 12 aromatic carbocycles. The molecule has 0 N–H and O–H groups in total. The summed E-state index contributed by atoms with van der Waals surface area (Å²) in [5.41, 5.74) is 20.5. The van der Waals surface area contributed by atoms with Gasteiger partial charge in [0.25, 0.3) is 0 Å². The van der Waals surface area contributed by atoms with E-state index in [1.165, 1.54) is 110 Å². The van der Waals surface area contributed by atoms with Crippen LogP contribution in [-0.4, -0.2) is 0 Å². The molecule has 1 aliphatic carbocycles. The van der Waals surface area contributed by atoms with Crippen LogP contribution in [0.2, 0.25) is 0 Å². The van der Waals surface area contributed by atoms with Crippen molar-refractivity contribution in [1.82, 2.24) is 0 Å². The van der Waals surface area contributed by atoms with Crippen molar-refractivity contribution in [2.45, 2.75) is 19.3 Å². The molecule has 0 heterocycles. The lowest BCUT2D eigenvalue weighted by Crippen LogP contribution is -2.17. The first kappa shape index (κ1) is 41.4. The predicted octanol–water partition coefficient (Wildman–Crippen LogP) is 19.3. The fraction of sp³-hybridized carbons (Fsp3) is 0.0435. The minimum Gasteiger partial charge on any atom is -0.310 e. The maximum absolute atomic E-state index is 2.49. The molecule has 0 atom stereocenters. The molecular weight excluding hydrogens is 843 g/mol. The molecule has 1 heteroatoms. The number of para-hydroxylation sites is 1. The molecule has 0 bridgehead atoms. The Labute approximate surface area is 410 Å². The van der Waals surface area contributed by atoms with E-state index in [2.05, 4.69) is 280 Å². The quantitative estimate of drug-likeness (QED) is 0.137. The number of fused-ring (bicyclic) bond motifs is 9. The minimum atomic E-state index is -0.242. The van der Waals surface area contributed by atoms with Crippen LogP contribution in [0.25, 0.3) is 99.1 Å². The molecule has 70 heavy (non-hydrogen) atoms. The van der Waals surface area contributed by atoms with Crippen LogP contribution >= 0.6 is 0 Å². The van der Waals surface area contributed by atoms with Gasteiger partial charge in [0.2, 0.25) is 0 Å². The maximum atomic E-state index is 2.49. The van der Waals surface area contributed by atoms with Gasteiger partial charge >= 0.3 is 0 Å². The van der Waals surface area contributed by atoms with Gasteiger partial charge < -0.3 is 4.90 Å². The summed E-state index contributed by atoms with van der Waals surface area (Å²) in [6.45, 7) is 4.79. The Morgan fingerprint density at radius 3 is 1.14 bits per heavy atom. The molecule has 12 aromatic rings. The molecule has 0 unspecified atom stereocenters. The summed E-state index contributed by atoms with van der Waals surface area (Å²) in [5, 5.41) is 7.60. The second-order valence-corrected chi connectivity index (χ2v) is 19.3. The number of hydrogen-bond acceptors (Lipinski definition) is 1. The molecule has 0 radical (unpaired) electrons. The Balaban J connectivity index is 0.904. The van der Waals surface area contributed by atoms with Gasteiger partial charge in [-0.3, -0.25) is 0 Å². The van der Waals surface area contributed by atoms with Gasteiger partial charge in [-0.2, -0.15) is 0 Å². The fourth-order valence-electron chi connectivity index (χ4n) is 11.2. The van der Waals surface area contributed by atoms with Crippen LogP contribution in [0.1, 0.15) is 25.0 Å². The molecule has 0 aromatic heterocycles. The third-order valence-corrected chi connectivity index (χ3v) is 14.9. The van der Waals surface area contributed by atoms with E-state index in [4.69, 9.17) is 0 Å². The second kappa shape index (κ2) is 16.8. The molecule has 1 aliphatic rings. The van der Waals surface area contributed by atoms with Gasteiger partial charge in [-0.15, -0.1) is 0 Å². The Morgan fingerprint density at radius 1 is 0.243 bits per heavy atom. The molecule has 1 nitrogen and oxygen atoms in total. The van der Waals surface area contributed by atoms with Gasteiger partial charge in [0.1, 0.15) is 0 Å². The first-order valence-corrected chi connectivity index (χ1v) is 24.4. The van der Waals surface area contributed by atoms with Crippen LogP contribution in [-0.2, 0) is 5.41 Å². The molecular formula is C69H49N. The van der Waals surface area contributed by atoms with Gasteiger partial charge in [-0.1, -0.05) is 238 Å². The number of nitrogens with zero attached hydrogens (tertiary/aromatic N) is 1. The van der Waals surface area contributed by atoms with Crippen LogP contribution in [0.4, 0.5) is 17.1 Å². The van der Waals surface area contributed by atoms with Crippen molar-refractivity contribution >= 4 is 49.4 Å². The summed E-state index contributed by atoms with van der Waals surface area (Å²) in [6.07, 6.45) is 0. The zero-order chi connectivity index (χ0) is 46.8. The lowest BCUT2D eigenvalue weighted by atomic mass is 9.81. The van der Waals surface area contributed by atoms with Gasteiger partial charge in [-0.25, -0.2) is 0 Å². The monoisotopic (exact) mass is 891 g/mol. The van der Waals surface area contributed by atoms with E-state index in [0.29, 0.717) is 0 Å². The largest absolute Gasteiger partial charge is 0.310 e. The van der Waals surface area contributed by atoms with Crippen LogP contribution in [0.3, 0.4) is 0 Å². The van der Waals surface area contributed by atoms with E-state index < -0.39 is 0 Å². The smallest absolute Gasteiger partial charge is 0.0540 e. The lowest BCUT2D eigenvalue weighted by molar-refractivity contribution is 0.660. The lowest BCUT2D eigenvalue weighted by Gasteiger charge is -2.30. The van der Waals surface area contributed by atoms with E-state index in [1.807, 2.05) is 0 Å². The van der Waals surface area contributed by atoms with Gasteiger partial charge in [0.05, 0.1) is 5.69 Å². The van der Waals surface area contributed by atoms with Crippen molar-refractivity contribution in [3.8, 4) is 66.8 Å². The number of anilines is 3. The first-order valence-electron chi connectivity index (χ1n) is 24.4. The SMILES string of the molecule is CC1(C)c2cc(-c3ccc(-c4ccc(-c5ccccc5)cc4)cc3)ccc2-c2ccc(N(c3ccc4c5ccccc5c5ccccc5c4c3)c3ccccc3-c3ccc(-c4ccccc4)cc3)cc21. The average molecular weight is 892 g/mol. The van der Waals surface area contributed by atoms with Crippen LogP contribution in [0.15, 0.2) is 261 Å². The highest BCUT2D eigenvalue weighted by atomic mass is 15.1. The highest BCUT2D eigenvalue weighted by Gasteiger charge is 2.36. The Morgan fingerprint density at radius 2 is 0.600 bits per heavy atom. The highest BCUT2D eigenvalue weighted by molar-refractivity contribution is 6.26. The Hall–Kier alpha value is -8.78. The molecule has 0 fully saturated rings. The summed E-state index contributed by atoms with van der Waals surface area (Å²) < 4.78 is 0. The van der Waals surface area contributed by atoms with E-state index in [9.17, 15) is 0 Å². The molecule has 330 valence electrons. The Kier molecular flexibility index (Phi) is 9.92. The predicted molar refractivity (Wildman–Crippen MR) is 298 cm³/mol. The number of hydrogen-bond donors (Lipinski definition) is 0. The summed E-state index contributed by atoms with van der Waals surface area (Å²) in [6, 6.07) is 96.2. The minimum absolute atomic E-state index is 0.242. The summed E-state index contributed by atoms with van der Waals surface area (Å²) in [4.78, 5) is 2.49. The van der Waals surface area contributed by atoms with Crippen LogP contribution in [0, 0.1) is 0 Å². The molecule has 0 spiro atoms. The standard InChI is InChI=1S/C69H49N/c1-69(2)66-43-54(52-31-29-51(30-32-52)50-27-25-48(26-28-50)46-15-5-3-6-16-46)37-40-63(66)64-42-39-56(45-67(64)69)70(68-24-14-13-19-57(68)53-35-33-49(34-36-53)47-17-7-4-8-18-47)55-38-41-62-60-22-10-9-20-58(60)59-21-11-12-23-61(59)65(62)44-55/h3-45H,1-2H3. The van der Waals surface area contributed by atoms with E-state index >= 15 is 0 Å². The van der Waals surface area contributed by atoms with Crippen molar-refractivity contribution in [1.29, 1.82) is 0 Å². The molecule has 13 rings (SSSR count). The summed E-state index contributed by atoms with van der Waals surface area (Å²) in [5.74, 6) is 0. The van der Waals surface area contributed by atoms with Gasteiger partial charge in [-0.05, 0) is 141 Å². The normalized spacial score (nSPS) is 12.5. The Bertz CT molecular complexity index is 3890. The van der Waals surface area contributed by atoms with Crippen molar-refractivity contribution in [2.24, 2.45) is 0 Å². The average Bonchev–Trinajstić information content (AvgIpc) is 3.66. The van der Waals surface area contributed by atoms with Crippen molar-refractivity contribution in [2.75, 3.05) is 4.90 Å². The van der Waals surface area contributed by atoms with E-state index in [1.54, 1.807) is 0 Å². The topological polar surface area (TPSA) is 3.24 Å². The highest BCUT2D eigenvalue weighted by Crippen LogP contribution is 2.53. The molecule has 0 aliphatic heterocycles. The number of rotatable bonds is 8. The zero-order valence-electron chi connectivity index (χ0n) is 39.3. The van der Waals surface area contributed by atoms with Gasteiger partial charge in [0.15, 0.2) is 0 Å². The van der Waals surface area contributed by atoms with Crippen LogP contribution in [0.5, 0.6) is 0 Å². The summed E-state index contributed by atoms with van der Waals surface area (Å²) >= 11 is 0. The maximum Gasteiger partial charge on any atom is 0.0540 e. The summed E-state index contributed by atoms with van der Waals surface area (Å²) in [7, 11) is 0. The molecule has 0 saturated heterocycles. The van der Waals surface area contributed by atoms with E-state index in [0.717, 1.165) is 17.1 Å². The first-order chi connectivity index (χ1) is 34.5. The molecule has 0 saturated carbocycles. The zero-order valence-corrected chi connectivity index (χ0v) is 39.3. The second-order valence-electron chi connectivity index (χ2n) is 19.3. The van der Waals surface area contributed by atoms with Crippen molar-refractivity contribution in [3.05, 3.63) is 272 Å². The molecule has 0 amide bonds.